The third kappa shape index (κ3) is 2.05. The van der Waals surface area contributed by atoms with E-state index < -0.39 is 23.4 Å². The highest BCUT2D eigenvalue weighted by molar-refractivity contribution is 5.25. The Morgan fingerprint density at radius 3 is 2.79 bits per heavy atom. The molecule has 0 amide bonds. The van der Waals surface area contributed by atoms with Crippen LogP contribution in [0.5, 0.6) is 0 Å². The van der Waals surface area contributed by atoms with Crippen LogP contribution in [0.1, 0.15) is 17.2 Å². The number of aliphatic hydroxyl groups is 1. The fourth-order valence-corrected chi connectivity index (χ4v) is 1.20. The van der Waals surface area contributed by atoms with Gasteiger partial charge < -0.3 is 5.11 Å². The molecule has 0 aliphatic rings. The molecule has 0 spiro atoms. The second kappa shape index (κ2) is 4.15. The van der Waals surface area contributed by atoms with Crippen LogP contribution in [-0.4, -0.2) is 16.6 Å². The molecule has 4 nitrogen and oxygen atoms in total. The quantitative estimate of drug-likeness (QED) is 0.591. The van der Waals surface area contributed by atoms with E-state index in [2.05, 4.69) is 0 Å². The minimum atomic E-state index is -1.38. The van der Waals surface area contributed by atoms with E-state index in [-0.39, 0.29) is 5.56 Å². The van der Waals surface area contributed by atoms with E-state index in [1.54, 1.807) is 6.92 Å². The average Bonchev–Trinajstić information content (AvgIpc) is 2.11. The third-order valence-corrected chi connectivity index (χ3v) is 1.94. The maximum absolute atomic E-state index is 13.2. The Morgan fingerprint density at radius 1 is 1.64 bits per heavy atom. The lowest BCUT2D eigenvalue weighted by Gasteiger charge is -2.08. The first-order valence-electron chi connectivity index (χ1n) is 4.06. The molecule has 1 unspecified atom stereocenters. The van der Waals surface area contributed by atoms with E-state index in [1.807, 2.05) is 0 Å². The van der Waals surface area contributed by atoms with Gasteiger partial charge >= 0.3 is 0 Å². The predicted octanol–water partition coefficient (Wildman–Crippen LogP) is 1.44. The molecule has 0 saturated heterocycles. The van der Waals surface area contributed by atoms with Gasteiger partial charge in [0.2, 0.25) is 0 Å². The fourth-order valence-electron chi connectivity index (χ4n) is 1.20. The van der Waals surface area contributed by atoms with E-state index in [4.69, 9.17) is 5.11 Å². The second-order valence-corrected chi connectivity index (χ2v) is 3.01. The summed E-state index contributed by atoms with van der Waals surface area (Å²) in [5.41, 5.74) is 0.652. The van der Waals surface area contributed by atoms with Crippen LogP contribution in [0.25, 0.3) is 0 Å². The summed E-state index contributed by atoms with van der Waals surface area (Å²) >= 11 is 0. The Labute approximate surface area is 80.1 Å². The highest BCUT2D eigenvalue weighted by atomic mass is 19.1. The van der Waals surface area contributed by atoms with Gasteiger partial charge in [0, 0.05) is 4.92 Å². The van der Waals surface area contributed by atoms with Crippen LogP contribution in [-0.2, 0) is 0 Å². The normalized spacial score (nSPS) is 12.5. The summed E-state index contributed by atoms with van der Waals surface area (Å²) in [5.74, 6) is -0.661. The van der Waals surface area contributed by atoms with Gasteiger partial charge in [-0.2, -0.15) is 0 Å². The third-order valence-electron chi connectivity index (χ3n) is 1.94. The summed E-state index contributed by atoms with van der Waals surface area (Å²) in [6, 6.07) is 2.68. The number of hydrogen-bond acceptors (Lipinski definition) is 3. The molecule has 5 heteroatoms. The summed E-state index contributed by atoms with van der Waals surface area (Å²) in [6.45, 7) is 1.00. The summed E-state index contributed by atoms with van der Waals surface area (Å²) in [7, 11) is 0. The summed E-state index contributed by atoms with van der Waals surface area (Å²) in [5, 5.41) is 19.2. The Morgan fingerprint density at radius 2 is 2.29 bits per heavy atom. The number of nitrogens with zero attached hydrogens (tertiary/aromatic N) is 1. The van der Waals surface area contributed by atoms with Crippen LogP contribution in [0, 0.1) is 22.9 Å². The van der Waals surface area contributed by atoms with Crippen LogP contribution in [0.3, 0.4) is 0 Å². The number of hydrogen-bond donors (Lipinski definition) is 1. The molecule has 76 valence electrons. The molecule has 1 N–H and O–H groups in total. The molecule has 0 bridgehead atoms. The Hall–Kier alpha value is -1.49. The standard InChI is InChI=1S/C9H10FNO3/c1-6-2-3-8(10)7(4-6)9(5-12)11(13)14/h2-4,9,12H,5H2,1H3. The highest BCUT2D eigenvalue weighted by Crippen LogP contribution is 2.20. The number of aliphatic hydroxyl groups excluding tert-OH is 1. The number of aryl methyl sites for hydroxylation is 1. The molecule has 1 atom stereocenters. The molecule has 0 saturated carbocycles. The Balaban J connectivity index is 3.15. The predicted molar refractivity (Wildman–Crippen MR) is 48.0 cm³/mol. The van der Waals surface area contributed by atoms with Crippen molar-refractivity contribution < 1.29 is 14.4 Å². The number of benzene rings is 1. The molecule has 1 aromatic carbocycles. The van der Waals surface area contributed by atoms with Crippen molar-refractivity contribution in [3.05, 3.63) is 45.3 Å². The van der Waals surface area contributed by atoms with Crippen molar-refractivity contribution in [2.24, 2.45) is 0 Å². The van der Waals surface area contributed by atoms with Gasteiger partial charge in [0.05, 0.1) is 5.56 Å². The van der Waals surface area contributed by atoms with Crippen molar-refractivity contribution in [1.29, 1.82) is 0 Å². The smallest absolute Gasteiger partial charge is 0.263 e. The largest absolute Gasteiger partial charge is 0.389 e. The minimum Gasteiger partial charge on any atom is -0.389 e. The SMILES string of the molecule is Cc1ccc(F)c(C(CO)[N+](=O)[O-])c1. The summed E-state index contributed by atoms with van der Waals surface area (Å²) < 4.78 is 13.2. The first kappa shape index (κ1) is 10.6. The van der Waals surface area contributed by atoms with Crippen molar-refractivity contribution in [3.8, 4) is 0 Å². The van der Waals surface area contributed by atoms with Crippen LogP contribution < -0.4 is 0 Å². The highest BCUT2D eigenvalue weighted by Gasteiger charge is 2.24. The maximum Gasteiger partial charge on any atom is 0.263 e. The van der Waals surface area contributed by atoms with E-state index in [0.717, 1.165) is 11.6 Å². The Bertz CT molecular complexity index is 354. The lowest BCUT2D eigenvalue weighted by atomic mass is 10.0. The van der Waals surface area contributed by atoms with Gasteiger partial charge in [-0.05, 0) is 19.1 Å². The van der Waals surface area contributed by atoms with Crippen molar-refractivity contribution >= 4 is 0 Å². The van der Waals surface area contributed by atoms with Crippen LogP contribution >= 0.6 is 0 Å². The van der Waals surface area contributed by atoms with Gasteiger partial charge in [0.1, 0.15) is 12.4 Å². The van der Waals surface area contributed by atoms with E-state index in [0.29, 0.717) is 0 Å². The summed E-state index contributed by atoms with van der Waals surface area (Å²) in [6.07, 6.45) is 0. The second-order valence-electron chi connectivity index (χ2n) is 3.01. The molecule has 0 aromatic heterocycles. The lowest BCUT2D eigenvalue weighted by Crippen LogP contribution is -2.16. The van der Waals surface area contributed by atoms with Crippen LogP contribution in [0.2, 0.25) is 0 Å². The topological polar surface area (TPSA) is 63.4 Å². The van der Waals surface area contributed by atoms with Gasteiger partial charge in [-0.1, -0.05) is 11.6 Å². The number of nitro groups is 1. The minimum absolute atomic E-state index is 0.0718. The first-order chi connectivity index (χ1) is 6.56. The van der Waals surface area contributed by atoms with E-state index in [9.17, 15) is 14.5 Å². The van der Waals surface area contributed by atoms with Gasteiger partial charge in [0.15, 0.2) is 0 Å². The zero-order valence-corrected chi connectivity index (χ0v) is 7.61. The summed E-state index contributed by atoms with van der Waals surface area (Å²) in [4.78, 5) is 9.78. The maximum atomic E-state index is 13.2. The molecular formula is C9H10FNO3. The molecule has 0 aliphatic carbocycles. The molecule has 1 aromatic rings. The fraction of sp³-hybridized carbons (Fsp3) is 0.333. The van der Waals surface area contributed by atoms with Crippen LogP contribution in [0.4, 0.5) is 4.39 Å². The first-order valence-corrected chi connectivity index (χ1v) is 4.06. The average molecular weight is 199 g/mol. The molecular weight excluding hydrogens is 189 g/mol. The van der Waals surface area contributed by atoms with Crippen molar-refractivity contribution in [1.82, 2.24) is 0 Å². The van der Waals surface area contributed by atoms with Gasteiger partial charge in [-0.25, -0.2) is 4.39 Å². The zero-order valence-electron chi connectivity index (χ0n) is 7.61. The van der Waals surface area contributed by atoms with E-state index >= 15 is 0 Å². The molecule has 14 heavy (non-hydrogen) atoms. The number of rotatable bonds is 3. The van der Waals surface area contributed by atoms with Crippen molar-refractivity contribution in [2.45, 2.75) is 13.0 Å². The molecule has 0 aliphatic heterocycles. The molecule has 1 rings (SSSR count). The lowest BCUT2D eigenvalue weighted by molar-refractivity contribution is -0.532. The van der Waals surface area contributed by atoms with Gasteiger partial charge in [-0.3, -0.25) is 10.1 Å². The van der Waals surface area contributed by atoms with E-state index in [1.165, 1.54) is 12.1 Å². The van der Waals surface area contributed by atoms with Gasteiger partial charge in [0.25, 0.3) is 6.04 Å². The van der Waals surface area contributed by atoms with Gasteiger partial charge in [-0.15, -0.1) is 0 Å². The monoisotopic (exact) mass is 199 g/mol. The molecule has 0 heterocycles. The van der Waals surface area contributed by atoms with Crippen molar-refractivity contribution in [2.75, 3.05) is 6.61 Å². The number of halogens is 1. The van der Waals surface area contributed by atoms with Crippen LogP contribution in [0.15, 0.2) is 18.2 Å². The Kier molecular flexibility index (Phi) is 3.14. The van der Waals surface area contributed by atoms with Crippen molar-refractivity contribution in [3.63, 3.8) is 0 Å². The molecule has 0 fully saturated rings. The zero-order chi connectivity index (χ0) is 10.7. The molecule has 0 radical (unpaired) electrons.